The topological polar surface area (TPSA) is 29.3 Å². The van der Waals surface area contributed by atoms with Crippen molar-refractivity contribution in [2.24, 2.45) is 17.6 Å². The molecule has 3 atom stereocenters. The van der Waals surface area contributed by atoms with Crippen molar-refractivity contribution in [3.05, 3.63) is 0 Å². The van der Waals surface area contributed by atoms with Crippen molar-refractivity contribution in [1.29, 1.82) is 0 Å². The maximum absolute atomic E-state index is 6.09. The molecule has 1 rings (SSSR count). The van der Waals surface area contributed by atoms with Gasteiger partial charge < -0.3 is 10.6 Å². The van der Waals surface area contributed by atoms with Gasteiger partial charge in [-0.3, -0.25) is 0 Å². The molecule has 90 valence electrons. The number of nitrogens with two attached hydrogens (primary N) is 1. The second-order valence-corrected chi connectivity index (χ2v) is 5.59. The molecule has 3 unspecified atom stereocenters. The van der Waals surface area contributed by atoms with E-state index in [0.717, 1.165) is 18.4 Å². The molecule has 0 bridgehead atoms. The molecule has 2 N–H and O–H groups in total. The van der Waals surface area contributed by atoms with Crippen LogP contribution < -0.4 is 5.73 Å². The van der Waals surface area contributed by atoms with Crippen LogP contribution >= 0.6 is 0 Å². The molecule has 15 heavy (non-hydrogen) atoms. The average Bonchev–Trinajstić information content (AvgIpc) is 2.19. The van der Waals surface area contributed by atoms with E-state index in [4.69, 9.17) is 5.73 Å². The molecule has 2 nitrogen and oxygen atoms in total. The lowest BCUT2D eigenvalue weighted by Crippen LogP contribution is -2.44. The largest absolute Gasteiger partial charge is 0.327 e. The third-order valence-electron chi connectivity index (χ3n) is 4.11. The molecule has 1 heterocycles. The zero-order valence-electron chi connectivity index (χ0n) is 10.9. The van der Waals surface area contributed by atoms with E-state index in [2.05, 4.69) is 32.6 Å². The molecular weight excluding hydrogens is 184 g/mol. The number of likely N-dealkylation sites (tertiary alicyclic amines) is 1. The van der Waals surface area contributed by atoms with Gasteiger partial charge in [0.2, 0.25) is 0 Å². The van der Waals surface area contributed by atoms with Gasteiger partial charge in [0.1, 0.15) is 0 Å². The van der Waals surface area contributed by atoms with Gasteiger partial charge in [-0.15, -0.1) is 0 Å². The lowest BCUT2D eigenvalue weighted by molar-refractivity contribution is 0.108. The van der Waals surface area contributed by atoms with Gasteiger partial charge in [0, 0.05) is 12.1 Å². The fraction of sp³-hybridized carbons (Fsp3) is 1.00. The van der Waals surface area contributed by atoms with Crippen LogP contribution in [0, 0.1) is 11.8 Å². The molecule has 0 aromatic heterocycles. The highest BCUT2D eigenvalue weighted by Crippen LogP contribution is 2.23. The van der Waals surface area contributed by atoms with Crippen molar-refractivity contribution < 1.29 is 0 Å². The Balaban J connectivity index is 2.31. The molecule has 0 aromatic carbocycles. The van der Waals surface area contributed by atoms with Crippen LogP contribution in [-0.4, -0.2) is 30.1 Å². The van der Waals surface area contributed by atoms with Gasteiger partial charge in [-0.1, -0.05) is 20.8 Å². The van der Waals surface area contributed by atoms with Crippen LogP contribution in [0.2, 0.25) is 0 Å². The van der Waals surface area contributed by atoms with Gasteiger partial charge in [-0.05, 0) is 51.1 Å². The molecule has 0 radical (unpaired) electrons. The van der Waals surface area contributed by atoms with Crippen LogP contribution in [0.15, 0.2) is 0 Å². The summed E-state index contributed by atoms with van der Waals surface area (Å²) in [6, 6.07) is 1.12. The smallest absolute Gasteiger partial charge is 0.00925 e. The maximum atomic E-state index is 6.09. The van der Waals surface area contributed by atoms with Crippen molar-refractivity contribution in [3.63, 3.8) is 0 Å². The van der Waals surface area contributed by atoms with E-state index in [-0.39, 0.29) is 0 Å². The SMILES string of the molecule is CC(C)C(N)CCN1CCCC(C)C1C. The summed E-state index contributed by atoms with van der Waals surface area (Å²) in [7, 11) is 0. The first-order chi connectivity index (χ1) is 7.02. The Morgan fingerprint density at radius 2 is 2.00 bits per heavy atom. The predicted octanol–water partition coefficient (Wildman–Crippen LogP) is 2.48. The maximum Gasteiger partial charge on any atom is 0.00925 e. The van der Waals surface area contributed by atoms with Crippen molar-refractivity contribution in [3.8, 4) is 0 Å². The summed E-state index contributed by atoms with van der Waals surface area (Å²) in [5, 5.41) is 0. The number of piperidine rings is 1. The molecule has 0 amide bonds. The number of hydrogen-bond acceptors (Lipinski definition) is 2. The van der Waals surface area contributed by atoms with E-state index in [1.807, 2.05) is 0 Å². The Morgan fingerprint density at radius 1 is 1.33 bits per heavy atom. The van der Waals surface area contributed by atoms with E-state index in [1.165, 1.54) is 25.9 Å². The predicted molar refractivity (Wildman–Crippen MR) is 66.9 cm³/mol. The number of nitrogens with zero attached hydrogens (tertiary/aromatic N) is 1. The van der Waals surface area contributed by atoms with Crippen LogP contribution in [0.25, 0.3) is 0 Å². The molecule has 1 saturated heterocycles. The van der Waals surface area contributed by atoms with Crippen LogP contribution in [-0.2, 0) is 0 Å². The summed E-state index contributed by atoms with van der Waals surface area (Å²) in [6.45, 7) is 11.6. The average molecular weight is 212 g/mol. The zero-order valence-corrected chi connectivity index (χ0v) is 10.9. The molecule has 1 aliphatic heterocycles. The Kier molecular flexibility index (Phi) is 5.07. The molecule has 0 saturated carbocycles. The van der Waals surface area contributed by atoms with Crippen molar-refractivity contribution in [2.75, 3.05) is 13.1 Å². The van der Waals surface area contributed by atoms with Crippen molar-refractivity contribution in [2.45, 2.75) is 59.0 Å². The summed E-state index contributed by atoms with van der Waals surface area (Å²) in [5.41, 5.74) is 6.09. The third kappa shape index (κ3) is 3.76. The van der Waals surface area contributed by atoms with Gasteiger partial charge in [-0.25, -0.2) is 0 Å². The Labute approximate surface area is 95.2 Å². The molecule has 2 heteroatoms. The van der Waals surface area contributed by atoms with Crippen LogP contribution in [0.5, 0.6) is 0 Å². The van der Waals surface area contributed by atoms with E-state index in [1.54, 1.807) is 0 Å². The first kappa shape index (κ1) is 13.0. The van der Waals surface area contributed by atoms with Crippen molar-refractivity contribution in [1.82, 2.24) is 4.90 Å². The summed E-state index contributed by atoms with van der Waals surface area (Å²) >= 11 is 0. The normalized spacial score (nSPS) is 30.8. The van der Waals surface area contributed by atoms with Gasteiger partial charge in [0.15, 0.2) is 0 Å². The molecule has 1 fully saturated rings. The Bertz CT molecular complexity index is 179. The molecule has 0 spiro atoms. The van der Waals surface area contributed by atoms with Crippen LogP contribution in [0.4, 0.5) is 0 Å². The van der Waals surface area contributed by atoms with E-state index in [0.29, 0.717) is 12.0 Å². The highest BCUT2D eigenvalue weighted by Gasteiger charge is 2.24. The quantitative estimate of drug-likeness (QED) is 0.776. The summed E-state index contributed by atoms with van der Waals surface area (Å²) in [6.07, 6.45) is 3.91. The van der Waals surface area contributed by atoms with E-state index in [9.17, 15) is 0 Å². The van der Waals surface area contributed by atoms with Crippen LogP contribution in [0.1, 0.15) is 47.0 Å². The zero-order chi connectivity index (χ0) is 11.4. The third-order valence-corrected chi connectivity index (χ3v) is 4.11. The molecule has 0 aliphatic carbocycles. The highest BCUT2D eigenvalue weighted by atomic mass is 15.2. The standard InChI is InChI=1S/C13H28N2/c1-10(2)13(14)7-9-15-8-5-6-11(3)12(15)4/h10-13H,5-9,14H2,1-4H3. The molecule has 1 aliphatic rings. The Morgan fingerprint density at radius 3 is 2.60 bits per heavy atom. The lowest BCUT2D eigenvalue weighted by atomic mass is 9.91. The molecule has 0 aromatic rings. The molecular formula is C13H28N2. The second kappa shape index (κ2) is 5.86. The fourth-order valence-electron chi connectivity index (χ4n) is 2.38. The van der Waals surface area contributed by atoms with E-state index < -0.39 is 0 Å². The van der Waals surface area contributed by atoms with Gasteiger partial charge in [0.05, 0.1) is 0 Å². The first-order valence-corrected chi connectivity index (χ1v) is 6.52. The minimum absolute atomic E-state index is 0.370. The van der Waals surface area contributed by atoms with Gasteiger partial charge in [-0.2, -0.15) is 0 Å². The Hall–Kier alpha value is -0.0800. The minimum atomic E-state index is 0.370. The number of hydrogen-bond donors (Lipinski definition) is 1. The monoisotopic (exact) mass is 212 g/mol. The van der Waals surface area contributed by atoms with Crippen LogP contribution in [0.3, 0.4) is 0 Å². The highest BCUT2D eigenvalue weighted by molar-refractivity contribution is 4.79. The summed E-state index contributed by atoms with van der Waals surface area (Å²) in [5.74, 6) is 1.47. The lowest BCUT2D eigenvalue weighted by Gasteiger charge is -2.38. The van der Waals surface area contributed by atoms with E-state index >= 15 is 0 Å². The van der Waals surface area contributed by atoms with Gasteiger partial charge >= 0.3 is 0 Å². The van der Waals surface area contributed by atoms with Gasteiger partial charge in [0.25, 0.3) is 0 Å². The first-order valence-electron chi connectivity index (χ1n) is 6.52. The number of rotatable bonds is 4. The summed E-state index contributed by atoms with van der Waals surface area (Å²) < 4.78 is 0. The second-order valence-electron chi connectivity index (χ2n) is 5.59. The fourth-order valence-corrected chi connectivity index (χ4v) is 2.38. The minimum Gasteiger partial charge on any atom is -0.327 e. The van der Waals surface area contributed by atoms with Crippen molar-refractivity contribution >= 4 is 0 Å². The summed E-state index contributed by atoms with van der Waals surface area (Å²) in [4.78, 5) is 2.62.